The topological polar surface area (TPSA) is 58.6 Å². The van der Waals surface area contributed by atoms with Gasteiger partial charge in [-0.05, 0) is 46.1 Å². The highest BCUT2D eigenvalue weighted by Crippen LogP contribution is 2.23. The number of amides is 1. The van der Waals surface area contributed by atoms with Crippen molar-refractivity contribution in [1.29, 1.82) is 0 Å². The third kappa shape index (κ3) is 3.02. The third-order valence-electron chi connectivity index (χ3n) is 3.65. The first kappa shape index (κ1) is 13.3. The maximum absolute atomic E-state index is 12.0. The molecule has 18 heavy (non-hydrogen) atoms. The molecule has 2 atom stereocenters. The molecule has 1 saturated carbocycles. The van der Waals surface area contributed by atoms with Crippen LogP contribution in [0.15, 0.2) is 0 Å². The van der Waals surface area contributed by atoms with Gasteiger partial charge in [0.05, 0.1) is 12.6 Å². The predicted molar refractivity (Wildman–Crippen MR) is 67.0 cm³/mol. The average Bonchev–Trinajstić information content (AvgIpc) is 3.02. The molecule has 1 aliphatic heterocycles. The zero-order chi connectivity index (χ0) is 13.1. The van der Waals surface area contributed by atoms with Crippen LogP contribution in [0.25, 0.3) is 0 Å². The number of rotatable bonds is 5. The molecule has 0 aromatic carbocycles. The molecule has 1 N–H and O–H groups in total. The van der Waals surface area contributed by atoms with Gasteiger partial charge in [-0.2, -0.15) is 0 Å². The normalized spacial score (nSPS) is 25.8. The molecule has 0 aromatic rings. The first-order valence-electron chi connectivity index (χ1n) is 6.86. The van der Waals surface area contributed by atoms with Crippen molar-refractivity contribution in [1.82, 2.24) is 10.2 Å². The molecule has 2 fully saturated rings. The lowest BCUT2D eigenvalue weighted by Gasteiger charge is -2.28. The predicted octanol–water partition coefficient (Wildman–Crippen LogP) is 0.681. The van der Waals surface area contributed by atoms with E-state index in [2.05, 4.69) is 5.32 Å². The molecule has 1 aliphatic carbocycles. The zero-order valence-corrected chi connectivity index (χ0v) is 11.1. The summed E-state index contributed by atoms with van der Waals surface area (Å²) in [6, 6.07) is -0.129. The zero-order valence-electron chi connectivity index (χ0n) is 11.1. The van der Waals surface area contributed by atoms with Gasteiger partial charge in [-0.1, -0.05) is 0 Å². The smallest absolute Gasteiger partial charge is 0.323 e. The van der Waals surface area contributed by atoms with Crippen LogP contribution < -0.4 is 5.32 Å². The SMILES string of the molecule is CCOC(=O)C1CCCN1C(C)C(=O)NC1CC1. The van der Waals surface area contributed by atoms with Crippen LogP contribution in [0.1, 0.15) is 39.5 Å². The summed E-state index contributed by atoms with van der Waals surface area (Å²) in [6.45, 7) is 4.87. The number of nitrogens with one attached hydrogen (secondary N) is 1. The Balaban J connectivity index is 1.92. The summed E-state index contributed by atoms with van der Waals surface area (Å²) < 4.78 is 5.07. The molecular weight excluding hydrogens is 232 g/mol. The van der Waals surface area contributed by atoms with Crippen molar-refractivity contribution in [3.63, 3.8) is 0 Å². The van der Waals surface area contributed by atoms with Crippen LogP contribution in [0.3, 0.4) is 0 Å². The first-order valence-corrected chi connectivity index (χ1v) is 6.86. The lowest BCUT2D eigenvalue weighted by molar-refractivity contribution is -0.149. The Morgan fingerprint density at radius 3 is 2.72 bits per heavy atom. The summed E-state index contributed by atoms with van der Waals surface area (Å²) in [5.74, 6) is -0.158. The van der Waals surface area contributed by atoms with Crippen molar-refractivity contribution in [2.75, 3.05) is 13.2 Å². The Hall–Kier alpha value is -1.10. The van der Waals surface area contributed by atoms with E-state index in [9.17, 15) is 9.59 Å². The van der Waals surface area contributed by atoms with Gasteiger partial charge in [0.2, 0.25) is 5.91 Å². The van der Waals surface area contributed by atoms with Gasteiger partial charge in [-0.25, -0.2) is 0 Å². The number of esters is 1. The number of carbonyl (C=O) groups is 2. The van der Waals surface area contributed by atoms with E-state index in [1.807, 2.05) is 11.8 Å². The maximum atomic E-state index is 12.0. The van der Waals surface area contributed by atoms with E-state index in [1.54, 1.807) is 6.92 Å². The van der Waals surface area contributed by atoms with E-state index in [4.69, 9.17) is 4.74 Å². The van der Waals surface area contributed by atoms with Gasteiger partial charge < -0.3 is 10.1 Å². The van der Waals surface area contributed by atoms with E-state index in [0.29, 0.717) is 12.6 Å². The van der Waals surface area contributed by atoms with Crippen LogP contribution in [-0.2, 0) is 14.3 Å². The van der Waals surface area contributed by atoms with Gasteiger partial charge in [-0.15, -0.1) is 0 Å². The van der Waals surface area contributed by atoms with Gasteiger partial charge >= 0.3 is 5.97 Å². The molecule has 2 unspecified atom stereocenters. The second-order valence-corrected chi connectivity index (χ2v) is 5.11. The molecule has 1 saturated heterocycles. The molecule has 5 nitrogen and oxygen atoms in total. The molecule has 0 spiro atoms. The minimum atomic E-state index is -0.248. The van der Waals surface area contributed by atoms with Gasteiger partial charge in [0.15, 0.2) is 0 Å². The summed E-state index contributed by atoms with van der Waals surface area (Å²) in [5.41, 5.74) is 0. The van der Waals surface area contributed by atoms with Crippen molar-refractivity contribution in [3.8, 4) is 0 Å². The van der Waals surface area contributed by atoms with Crippen molar-refractivity contribution in [3.05, 3.63) is 0 Å². The summed E-state index contributed by atoms with van der Waals surface area (Å²) in [7, 11) is 0. The molecule has 1 heterocycles. The third-order valence-corrected chi connectivity index (χ3v) is 3.65. The van der Waals surface area contributed by atoms with Crippen LogP contribution in [0.2, 0.25) is 0 Å². The number of hydrogen-bond acceptors (Lipinski definition) is 4. The molecule has 0 radical (unpaired) electrons. The molecule has 1 amide bonds. The number of nitrogens with zero attached hydrogens (tertiary/aromatic N) is 1. The molecular formula is C13H22N2O3. The highest BCUT2D eigenvalue weighted by atomic mass is 16.5. The standard InChI is InChI=1S/C13H22N2O3/c1-3-18-13(17)11-5-4-8-15(11)9(2)12(16)14-10-6-7-10/h9-11H,3-8H2,1-2H3,(H,14,16). The fourth-order valence-corrected chi connectivity index (χ4v) is 2.44. The van der Waals surface area contributed by atoms with Crippen LogP contribution in [0, 0.1) is 0 Å². The van der Waals surface area contributed by atoms with Gasteiger partial charge in [0.1, 0.15) is 6.04 Å². The lowest BCUT2D eigenvalue weighted by atomic mass is 10.2. The minimum absolute atomic E-state index is 0.0358. The number of carbonyl (C=O) groups excluding carboxylic acids is 2. The summed E-state index contributed by atoms with van der Waals surface area (Å²) in [4.78, 5) is 25.8. The molecule has 0 aromatic heterocycles. The Morgan fingerprint density at radius 1 is 1.39 bits per heavy atom. The monoisotopic (exact) mass is 254 g/mol. The van der Waals surface area contributed by atoms with Crippen molar-refractivity contribution < 1.29 is 14.3 Å². The Bertz CT molecular complexity index is 328. The number of hydrogen-bond donors (Lipinski definition) is 1. The van der Waals surface area contributed by atoms with E-state index >= 15 is 0 Å². The van der Waals surface area contributed by atoms with Gasteiger partial charge in [0, 0.05) is 6.04 Å². The van der Waals surface area contributed by atoms with Crippen molar-refractivity contribution in [2.45, 2.75) is 57.7 Å². The van der Waals surface area contributed by atoms with E-state index in [1.165, 1.54) is 0 Å². The lowest BCUT2D eigenvalue weighted by Crippen LogP contribution is -2.50. The van der Waals surface area contributed by atoms with E-state index in [-0.39, 0.29) is 24.0 Å². The van der Waals surface area contributed by atoms with Crippen LogP contribution in [0.5, 0.6) is 0 Å². The minimum Gasteiger partial charge on any atom is -0.465 e. The van der Waals surface area contributed by atoms with E-state index in [0.717, 1.165) is 32.2 Å². The summed E-state index contributed by atoms with van der Waals surface area (Å²) >= 11 is 0. The number of ether oxygens (including phenoxy) is 1. The van der Waals surface area contributed by atoms with Crippen LogP contribution in [0.4, 0.5) is 0 Å². The van der Waals surface area contributed by atoms with Gasteiger partial charge in [0.25, 0.3) is 0 Å². The largest absolute Gasteiger partial charge is 0.465 e. The summed E-state index contributed by atoms with van der Waals surface area (Å²) in [6.07, 6.45) is 3.91. The number of likely N-dealkylation sites (tertiary alicyclic amines) is 1. The summed E-state index contributed by atoms with van der Waals surface area (Å²) in [5, 5.41) is 2.99. The van der Waals surface area contributed by atoms with Crippen LogP contribution in [-0.4, -0.2) is 48.1 Å². The molecule has 2 rings (SSSR count). The highest BCUT2D eigenvalue weighted by Gasteiger charge is 2.38. The molecule has 0 bridgehead atoms. The second-order valence-electron chi connectivity index (χ2n) is 5.11. The Labute approximate surface area is 108 Å². The van der Waals surface area contributed by atoms with Crippen molar-refractivity contribution >= 4 is 11.9 Å². The van der Waals surface area contributed by atoms with E-state index < -0.39 is 0 Å². The fraction of sp³-hybridized carbons (Fsp3) is 0.846. The maximum Gasteiger partial charge on any atom is 0.323 e. The second kappa shape index (κ2) is 5.69. The highest BCUT2D eigenvalue weighted by molar-refractivity contribution is 5.83. The Morgan fingerprint density at radius 2 is 2.11 bits per heavy atom. The quantitative estimate of drug-likeness (QED) is 0.733. The fourth-order valence-electron chi connectivity index (χ4n) is 2.44. The first-order chi connectivity index (χ1) is 8.63. The van der Waals surface area contributed by atoms with Crippen LogP contribution >= 0.6 is 0 Å². The molecule has 5 heteroatoms. The van der Waals surface area contributed by atoms with Crippen molar-refractivity contribution in [2.24, 2.45) is 0 Å². The Kier molecular flexibility index (Phi) is 4.22. The average molecular weight is 254 g/mol. The van der Waals surface area contributed by atoms with Gasteiger partial charge in [-0.3, -0.25) is 14.5 Å². The molecule has 2 aliphatic rings. The molecule has 102 valence electrons.